The number of hydrogen-bond acceptors (Lipinski definition) is 7. The predicted octanol–water partition coefficient (Wildman–Crippen LogP) is 8.75. The number of furan rings is 1. The number of fused-ring (bicyclic) bond motifs is 4. The smallest absolute Gasteiger partial charge is 0.169 e. The number of benzene rings is 5. The second-order valence-electron chi connectivity index (χ2n) is 11.4. The standard InChI is InChI=1S/C40H26N6O/c1-3-10-25(11-4-1)38-44-39(26-12-5-2-6-13-26)46-40(45-38)29-15-9-14-27(20-29)28-18-19-32-33(21-28)42-24-35(43-32)34-22-37-31(23-41-34)30-16-7-8-17-36(30)47-37/h1-24,40H,(H,44,45,46). The van der Waals surface area contributed by atoms with Crippen LogP contribution in [0.15, 0.2) is 160 Å². The lowest BCUT2D eigenvalue weighted by atomic mass is 10.0. The van der Waals surface area contributed by atoms with E-state index < -0.39 is 6.17 Å². The lowest BCUT2D eigenvalue weighted by molar-refractivity contribution is 0.668. The van der Waals surface area contributed by atoms with Crippen LogP contribution in [0.2, 0.25) is 0 Å². The van der Waals surface area contributed by atoms with Crippen molar-refractivity contribution in [3.05, 3.63) is 163 Å². The normalized spacial score (nSPS) is 13.4. The number of rotatable bonds is 5. The Hall–Kier alpha value is -6.47. The van der Waals surface area contributed by atoms with E-state index >= 15 is 0 Å². The van der Waals surface area contributed by atoms with Crippen molar-refractivity contribution in [2.45, 2.75) is 6.17 Å². The van der Waals surface area contributed by atoms with Gasteiger partial charge in [-0.15, -0.1) is 0 Å². The van der Waals surface area contributed by atoms with Crippen LogP contribution in [0.3, 0.4) is 0 Å². The molecule has 0 spiro atoms. The number of para-hydroxylation sites is 1. The van der Waals surface area contributed by atoms with Crippen LogP contribution in [0, 0.1) is 0 Å². The van der Waals surface area contributed by atoms with Gasteiger partial charge >= 0.3 is 0 Å². The summed E-state index contributed by atoms with van der Waals surface area (Å²) in [5.41, 5.74) is 9.75. The highest BCUT2D eigenvalue weighted by Crippen LogP contribution is 2.32. The molecule has 3 aromatic heterocycles. The molecular weight excluding hydrogens is 580 g/mol. The molecule has 1 N–H and O–H groups in total. The Morgan fingerprint density at radius 3 is 1.98 bits per heavy atom. The van der Waals surface area contributed by atoms with Crippen molar-refractivity contribution >= 4 is 44.6 Å². The number of pyridine rings is 1. The molecule has 0 unspecified atom stereocenters. The Kier molecular flexibility index (Phi) is 6.38. The summed E-state index contributed by atoms with van der Waals surface area (Å²) in [6.07, 6.45) is 3.22. The van der Waals surface area contributed by atoms with Crippen LogP contribution in [-0.4, -0.2) is 26.6 Å². The van der Waals surface area contributed by atoms with Crippen molar-refractivity contribution in [1.29, 1.82) is 0 Å². The van der Waals surface area contributed by atoms with E-state index in [0.717, 1.165) is 78.2 Å². The van der Waals surface area contributed by atoms with Crippen LogP contribution in [0.25, 0.3) is 55.5 Å². The fourth-order valence-corrected chi connectivity index (χ4v) is 6.04. The molecule has 7 heteroatoms. The maximum absolute atomic E-state index is 6.07. The van der Waals surface area contributed by atoms with Gasteiger partial charge in [0.1, 0.15) is 28.5 Å². The molecule has 0 fully saturated rings. The van der Waals surface area contributed by atoms with E-state index in [0.29, 0.717) is 5.69 Å². The van der Waals surface area contributed by atoms with Gasteiger partial charge in [-0.3, -0.25) is 9.97 Å². The van der Waals surface area contributed by atoms with Crippen LogP contribution in [0.1, 0.15) is 22.9 Å². The summed E-state index contributed by atoms with van der Waals surface area (Å²) in [5, 5.41) is 5.49. The molecule has 0 saturated heterocycles. The highest BCUT2D eigenvalue weighted by atomic mass is 16.3. The zero-order valence-electron chi connectivity index (χ0n) is 25.1. The Balaban J connectivity index is 1.05. The Bertz CT molecular complexity index is 2450. The van der Waals surface area contributed by atoms with Gasteiger partial charge in [0.15, 0.2) is 6.17 Å². The van der Waals surface area contributed by atoms with Crippen LogP contribution in [0.4, 0.5) is 0 Å². The van der Waals surface area contributed by atoms with Crippen molar-refractivity contribution in [3.8, 4) is 22.5 Å². The zero-order chi connectivity index (χ0) is 31.2. The second kappa shape index (κ2) is 11.2. The van der Waals surface area contributed by atoms with E-state index in [9.17, 15) is 0 Å². The highest BCUT2D eigenvalue weighted by Gasteiger charge is 2.21. The van der Waals surface area contributed by atoms with Crippen LogP contribution in [-0.2, 0) is 0 Å². The Morgan fingerprint density at radius 1 is 0.489 bits per heavy atom. The minimum absolute atomic E-state index is 0.402. The number of amidine groups is 2. The van der Waals surface area contributed by atoms with Crippen molar-refractivity contribution in [3.63, 3.8) is 0 Å². The van der Waals surface area contributed by atoms with Gasteiger partial charge in [-0.1, -0.05) is 103 Å². The zero-order valence-corrected chi connectivity index (χ0v) is 25.1. The van der Waals surface area contributed by atoms with Gasteiger partial charge in [0.25, 0.3) is 0 Å². The third kappa shape index (κ3) is 5.00. The van der Waals surface area contributed by atoms with E-state index in [-0.39, 0.29) is 0 Å². The van der Waals surface area contributed by atoms with Crippen molar-refractivity contribution < 1.29 is 4.42 Å². The van der Waals surface area contributed by atoms with E-state index in [1.807, 2.05) is 79.0 Å². The van der Waals surface area contributed by atoms with E-state index in [2.05, 4.69) is 71.0 Å². The Morgan fingerprint density at radius 2 is 1.19 bits per heavy atom. The topological polar surface area (TPSA) is 88.6 Å². The molecule has 222 valence electrons. The first-order valence-corrected chi connectivity index (χ1v) is 15.4. The second-order valence-corrected chi connectivity index (χ2v) is 11.4. The molecule has 47 heavy (non-hydrogen) atoms. The van der Waals surface area contributed by atoms with Crippen molar-refractivity contribution in [1.82, 2.24) is 20.3 Å². The number of nitrogens with one attached hydrogen (secondary N) is 1. The molecule has 0 saturated carbocycles. The summed E-state index contributed by atoms with van der Waals surface area (Å²) in [6.45, 7) is 0. The van der Waals surface area contributed by atoms with Gasteiger partial charge in [0.05, 0.1) is 22.9 Å². The summed E-state index contributed by atoms with van der Waals surface area (Å²) in [7, 11) is 0. The molecule has 0 aliphatic carbocycles. The minimum atomic E-state index is -0.402. The maximum atomic E-state index is 6.07. The maximum Gasteiger partial charge on any atom is 0.169 e. The van der Waals surface area contributed by atoms with E-state index in [4.69, 9.17) is 24.4 Å². The lowest BCUT2D eigenvalue weighted by Crippen LogP contribution is -2.35. The SMILES string of the molecule is c1ccc(C2=NC(c3cccc(-c4ccc5nc(-c6cc7oc8ccccc8c7cn6)cnc5c4)c3)N=C(c3ccccc3)N2)cc1. The average Bonchev–Trinajstić information content (AvgIpc) is 3.53. The molecule has 1 aliphatic heterocycles. The quantitative estimate of drug-likeness (QED) is 0.212. The number of aliphatic imine (C=N–C) groups is 2. The molecule has 0 amide bonds. The average molecular weight is 607 g/mol. The van der Waals surface area contributed by atoms with Crippen molar-refractivity contribution in [2.75, 3.05) is 0 Å². The first-order valence-electron chi connectivity index (χ1n) is 15.4. The molecule has 0 radical (unpaired) electrons. The fourth-order valence-electron chi connectivity index (χ4n) is 6.04. The van der Waals surface area contributed by atoms with Gasteiger partial charge in [-0.05, 0) is 41.0 Å². The largest absolute Gasteiger partial charge is 0.456 e. The third-order valence-electron chi connectivity index (χ3n) is 8.42. The van der Waals surface area contributed by atoms with Gasteiger partial charge in [-0.25, -0.2) is 15.0 Å². The van der Waals surface area contributed by atoms with Gasteiger partial charge in [0.2, 0.25) is 0 Å². The first kappa shape index (κ1) is 26.9. The third-order valence-corrected chi connectivity index (χ3v) is 8.42. The van der Waals surface area contributed by atoms with Gasteiger partial charge in [0, 0.05) is 34.2 Å². The van der Waals surface area contributed by atoms with Gasteiger partial charge in [-0.2, -0.15) is 0 Å². The highest BCUT2D eigenvalue weighted by molar-refractivity contribution is 6.15. The molecule has 0 bridgehead atoms. The molecule has 1 aliphatic rings. The Labute approximate surface area is 270 Å². The summed E-state index contributed by atoms with van der Waals surface area (Å²) >= 11 is 0. The number of aromatic nitrogens is 3. The molecule has 8 aromatic rings. The molecular formula is C40H26N6O. The van der Waals surface area contributed by atoms with Crippen LogP contribution < -0.4 is 5.32 Å². The summed E-state index contributed by atoms with van der Waals surface area (Å²) in [6, 6.07) is 44.8. The number of hydrogen-bond donors (Lipinski definition) is 1. The molecule has 5 aromatic carbocycles. The molecule has 9 rings (SSSR count). The van der Waals surface area contributed by atoms with Crippen LogP contribution >= 0.6 is 0 Å². The molecule has 0 atom stereocenters. The molecule has 4 heterocycles. The predicted molar refractivity (Wildman–Crippen MR) is 187 cm³/mol. The summed E-state index contributed by atoms with van der Waals surface area (Å²) in [5.74, 6) is 1.58. The number of nitrogens with zero attached hydrogens (tertiary/aromatic N) is 5. The summed E-state index contributed by atoms with van der Waals surface area (Å²) in [4.78, 5) is 24.4. The van der Waals surface area contributed by atoms with Gasteiger partial charge < -0.3 is 9.73 Å². The first-order chi connectivity index (χ1) is 23.2. The van der Waals surface area contributed by atoms with E-state index in [1.165, 1.54) is 0 Å². The summed E-state index contributed by atoms with van der Waals surface area (Å²) < 4.78 is 6.07. The molecule has 7 nitrogen and oxygen atoms in total. The van der Waals surface area contributed by atoms with Crippen molar-refractivity contribution in [2.24, 2.45) is 9.98 Å². The lowest BCUT2D eigenvalue weighted by Gasteiger charge is -2.22. The van der Waals surface area contributed by atoms with Crippen LogP contribution in [0.5, 0.6) is 0 Å². The fraction of sp³-hybridized carbons (Fsp3) is 0.0250. The monoisotopic (exact) mass is 606 g/mol. The minimum Gasteiger partial charge on any atom is -0.456 e. The van der Waals surface area contributed by atoms with E-state index in [1.54, 1.807) is 6.20 Å².